The number of para-hydroxylation sites is 2. The summed E-state index contributed by atoms with van der Waals surface area (Å²) in [4.78, 5) is 4.27. The molecule has 0 bridgehead atoms. The van der Waals surface area contributed by atoms with Crippen LogP contribution in [0, 0.1) is 0 Å². The van der Waals surface area contributed by atoms with Crippen LogP contribution in [0.3, 0.4) is 0 Å². The van der Waals surface area contributed by atoms with Crippen molar-refractivity contribution in [2.75, 3.05) is 18.7 Å². The van der Waals surface area contributed by atoms with E-state index in [1.807, 2.05) is 47.3 Å². The molecule has 6 heteroatoms. The molecule has 2 heterocycles. The predicted molar refractivity (Wildman–Crippen MR) is 85.1 cm³/mol. The number of rotatable bonds is 5. The number of benzene rings is 1. The average Bonchev–Trinajstić information content (AvgIpc) is 2.95. The van der Waals surface area contributed by atoms with Gasteiger partial charge < -0.3 is 10.1 Å². The van der Waals surface area contributed by atoms with Crippen LogP contribution in [-0.4, -0.2) is 28.0 Å². The standard InChI is InChI=1S/C15H16N4OS/c1-20-14-6-4-3-5-13(14)16-9-11-7-8-12-10-17-15(21-2)18-19(11)12/h3-8,10,16H,9H2,1-2H3. The van der Waals surface area contributed by atoms with Gasteiger partial charge in [-0.25, -0.2) is 9.50 Å². The summed E-state index contributed by atoms with van der Waals surface area (Å²) in [6.45, 7) is 0.666. The lowest BCUT2D eigenvalue weighted by atomic mass is 10.3. The Balaban J connectivity index is 1.85. The molecule has 0 unspecified atom stereocenters. The van der Waals surface area contributed by atoms with Gasteiger partial charge in [0.25, 0.3) is 0 Å². The van der Waals surface area contributed by atoms with E-state index in [4.69, 9.17) is 4.74 Å². The van der Waals surface area contributed by atoms with Crippen LogP contribution in [-0.2, 0) is 6.54 Å². The van der Waals surface area contributed by atoms with Gasteiger partial charge in [0.15, 0.2) is 0 Å². The number of aromatic nitrogens is 3. The van der Waals surface area contributed by atoms with E-state index in [0.717, 1.165) is 27.8 Å². The molecular weight excluding hydrogens is 284 g/mol. The largest absolute Gasteiger partial charge is 0.495 e. The molecule has 3 rings (SSSR count). The first-order valence-corrected chi connectivity index (χ1v) is 7.79. The number of fused-ring (bicyclic) bond motifs is 1. The Labute approximate surface area is 127 Å². The Morgan fingerprint density at radius 3 is 2.90 bits per heavy atom. The van der Waals surface area contributed by atoms with Crippen LogP contribution < -0.4 is 10.1 Å². The normalized spacial score (nSPS) is 10.8. The van der Waals surface area contributed by atoms with E-state index >= 15 is 0 Å². The van der Waals surface area contributed by atoms with Gasteiger partial charge in [-0.1, -0.05) is 23.9 Å². The van der Waals surface area contributed by atoms with Gasteiger partial charge in [-0.15, -0.1) is 5.10 Å². The van der Waals surface area contributed by atoms with E-state index in [9.17, 15) is 0 Å². The van der Waals surface area contributed by atoms with Crippen molar-refractivity contribution in [2.24, 2.45) is 0 Å². The van der Waals surface area contributed by atoms with Gasteiger partial charge in [0.05, 0.1) is 36.7 Å². The molecular formula is C15H16N4OS. The Morgan fingerprint density at radius 1 is 1.24 bits per heavy atom. The van der Waals surface area contributed by atoms with Crippen molar-refractivity contribution < 1.29 is 4.74 Å². The summed E-state index contributed by atoms with van der Waals surface area (Å²) in [6, 6.07) is 11.9. The highest BCUT2D eigenvalue weighted by Crippen LogP contribution is 2.24. The van der Waals surface area contributed by atoms with Crippen molar-refractivity contribution in [3.8, 4) is 5.75 Å². The van der Waals surface area contributed by atoms with Crippen molar-refractivity contribution in [1.29, 1.82) is 0 Å². The minimum absolute atomic E-state index is 0.666. The molecule has 3 aromatic rings. The van der Waals surface area contributed by atoms with Crippen LogP contribution in [0.25, 0.3) is 5.52 Å². The number of ether oxygens (including phenoxy) is 1. The number of hydrogen-bond acceptors (Lipinski definition) is 5. The van der Waals surface area contributed by atoms with Crippen molar-refractivity contribution >= 4 is 23.0 Å². The maximum absolute atomic E-state index is 5.34. The van der Waals surface area contributed by atoms with E-state index in [0.29, 0.717) is 6.54 Å². The molecule has 0 radical (unpaired) electrons. The summed E-state index contributed by atoms with van der Waals surface area (Å²) < 4.78 is 7.26. The van der Waals surface area contributed by atoms with Crippen LogP contribution in [0.4, 0.5) is 5.69 Å². The molecule has 21 heavy (non-hydrogen) atoms. The van der Waals surface area contributed by atoms with E-state index in [-0.39, 0.29) is 0 Å². The number of anilines is 1. The highest BCUT2D eigenvalue weighted by Gasteiger charge is 2.06. The second kappa shape index (κ2) is 6.05. The lowest BCUT2D eigenvalue weighted by Crippen LogP contribution is -2.06. The molecule has 0 saturated heterocycles. The first kappa shape index (κ1) is 13.8. The maximum atomic E-state index is 5.34. The van der Waals surface area contributed by atoms with Crippen LogP contribution in [0.5, 0.6) is 5.75 Å². The Morgan fingerprint density at radius 2 is 2.10 bits per heavy atom. The highest BCUT2D eigenvalue weighted by molar-refractivity contribution is 7.98. The lowest BCUT2D eigenvalue weighted by molar-refractivity contribution is 0.416. The third-order valence-electron chi connectivity index (χ3n) is 3.21. The zero-order valence-electron chi connectivity index (χ0n) is 11.9. The average molecular weight is 300 g/mol. The van der Waals surface area contributed by atoms with Gasteiger partial charge in [0.1, 0.15) is 5.75 Å². The fourth-order valence-electron chi connectivity index (χ4n) is 2.14. The summed E-state index contributed by atoms with van der Waals surface area (Å²) in [7, 11) is 1.67. The first-order valence-electron chi connectivity index (χ1n) is 6.56. The molecule has 1 aromatic carbocycles. The first-order chi connectivity index (χ1) is 10.3. The van der Waals surface area contributed by atoms with Gasteiger partial charge in [-0.05, 0) is 30.5 Å². The van der Waals surface area contributed by atoms with Gasteiger partial charge in [0.2, 0.25) is 5.16 Å². The zero-order chi connectivity index (χ0) is 14.7. The molecule has 0 aliphatic carbocycles. The summed E-state index contributed by atoms with van der Waals surface area (Å²) in [5.41, 5.74) is 3.03. The van der Waals surface area contributed by atoms with E-state index in [2.05, 4.69) is 21.5 Å². The number of methoxy groups -OCH3 is 1. The third-order valence-corrected chi connectivity index (χ3v) is 3.76. The summed E-state index contributed by atoms with van der Waals surface area (Å²) in [5, 5.41) is 8.65. The fraction of sp³-hybridized carbons (Fsp3) is 0.200. The number of thioether (sulfide) groups is 1. The molecule has 0 aliphatic rings. The SMILES string of the molecule is COc1ccccc1NCc1ccc2cnc(SC)nn12. The zero-order valence-corrected chi connectivity index (χ0v) is 12.7. The molecule has 1 N–H and O–H groups in total. The number of hydrogen-bond donors (Lipinski definition) is 1. The second-order valence-electron chi connectivity index (χ2n) is 4.46. The monoisotopic (exact) mass is 300 g/mol. The summed E-state index contributed by atoms with van der Waals surface area (Å²) >= 11 is 1.53. The smallest absolute Gasteiger partial charge is 0.207 e. The van der Waals surface area contributed by atoms with Crippen LogP contribution in [0.1, 0.15) is 5.69 Å². The maximum Gasteiger partial charge on any atom is 0.207 e. The predicted octanol–water partition coefficient (Wildman–Crippen LogP) is 3.07. The van der Waals surface area contributed by atoms with E-state index in [1.54, 1.807) is 7.11 Å². The van der Waals surface area contributed by atoms with Crippen molar-refractivity contribution in [3.63, 3.8) is 0 Å². The lowest BCUT2D eigenvalue weighted by Gasteiger charge is -2.10. The molecule has 5 nitrogen and oxygen atoms in total. The third kappa shape index (κ3) is 2.80. The molecule has 0 amide bonds. The minimum atomic E-state index is 0.666. The van der Waals surface area contributed by atoms with Crippen LogP contribution in [0.2, 0.25) is 0 Å². The molecule has 0 fully saturated rings. The summed E-state index contributed by atoms with van der Waals surface area (Å²) in [6.07, 6.45) is 3.81. The molecule has 0 atom stereocenters. The Hall–Kier alpha value is -2.21. The van der Waals surface area contributed by atoms with Crippen LogP contribution >= 0.6 is 11.8 Å². The molecule has 0 saturated carbocycles. The highest BCUT2D eigenvalue weighted by atomic mass is 32.2. The molecule has 108 valence electrons. The van der Waals surface area contributed by atoms with E-state index < -0.39 is 0 Å². The van der Waals surface area contributed by atoms with Crippen molar-refractivity contribution in [1.82, 2.24) is 14.6 Å². The van der Waals surface area contributed by atoms with Gasteiger partial charge in [-0.2, -0.15) is 0 Å². The molecule has 0 spiro atoms. The second-order valence-corrected chi connectivity index (χ2v) is 5.23. The van der Waals surface area contributed by atoms with Gasteiger partial charge in [0, 0.05) is 0 Å². The fourth-order valence-corrected chi connectivity index (χ4v) is 2.47. The topological polar surface area (TPSA) is 51.5 Å². The van der Waals surface area contributed by atoms with Gasteiger partial charge >= 0.3 is 0 Å². The van der Waals surface area contributed by atoms with Gasteiger partial charge in [-0.3, -0.25) is 0 Å². The van der Waals surface area contributed by atoms with Crippen molar-refractivity contribution in [2.45, 2.75) is 11.7 Å². The molecule has 2 aromatic heterocycles. The Bertz CT molecular complexity index is 756. The number of nitrogens with one attached hydrogen (secondary N) is 1. The van der Waals surface area contributed by atoms with Crippen molar-refractivity contribution in [3.05, 3.63) is 48.3 Å². The van der Waals surface area contributed by atoms with Crippen LogP contribution in [0.15, 0.2) is 47.8 Å². The van der Waals surface area contributed by atoms with E-state index in [1.165, 1.54) is 11.8 Å². The number of nitrogens with zero attached hydrogens (tertiary/aromatic N) is 3. The Kier molecular flexibility index (Phi) is 3.96. The summed E-state index contributed by atoms with van der Waals surface area (Å²) in [5.74, 6) is 0.831. The minimum Gasteiger partial charge on any atom is -0.495 e. The molecule has 0 aliphatic heterocycles. The quantitative estimate of drug-likeness (QED) is 0.734.